The topological polar surface area (TPSA) is 38.3 Å². The maximum absolute atomic E-state index is 12.1. The van der Waals surface area contributed by atoms with E-state index in [4.69, 9.17) is 4.74 Å². The summed E-state index contributed by atoms with van der Waals surface area (Å²) < 4.78 is 5.57. The molecule has 2 rings (SSSR count). The zero-order valence-electron chi connectivity index (χ0n) is 9.71. The Morgan fingerprint density at radius 3 is 2.80 bits per heavy atom. The van der Waals surface area contributed by atoms with Crippen LogP contribution in [0.3, 0.4) is 0 Å². The zero-order valence-corrected chi connectivity index (χ0v) is 9.71. The second-order valence-electron chi connectivity index (χ2n) is 5.20. The van der Waals surface area contributed by atoms with Crippen molar-refractivity contribution >= 4 is 5.78 Å². The van der Waals surface area contributed by atoms with Crippen molar-refractivity contribution < 1.29 is 9.53 Å². The predicted octanol–water partition coefficient (Wildman–Crippen LogP) is 1.51. The first-order valence-corrected chi connectivity index (χ1v) is 6.03. The van der Waals surface area contributed by atoms with Crippen molar-refractivity contribution in [3.8, 4) is 0 Å². The van der Waals surface area contributed by atoms with Gasteiger partial charge < -0.3 is 10.1 Å². The molecule has 2 saturated heterocycles. The van der Waals surface area contributed by atoms with Gasteiger partial charge in [0.2, 0.25) is 0 Å². The van der Waals surface area contributed by atoms with E-state index in [0.717, 1.165) is 13.0 Å². The Balaban J connectivity index is 2.01. The SMILES string of the molecule is CC1(C)OCC(C2CCCCCN2)C1=O. The third kappa shape index (κ3) is 2.23. The van der Waals surface area contributed by atoms with Crippen molar-refractivity contribution in [2.45, 2.75) is 51.2 Å². The molecule has 0 aromatic heterocycles. The van der Waals surface area contributed by atoms with Crippen LogP contribution >= 0.6 is 0 Å². The Morgan fingerprint density at radius 1 is 1.33 bits per heavy atom. The molecule has 15 heavy (non-hydrogen) atoms. The molecule has 0 aromatic rings. The number of carbonyl (C=O) groups is 1. The van der Waals surface area contributed by atoms with Gasteiger partial charge in [0, 0.05) is 6.04 Å². The van der Waals surface area contributed by atoms with Crippen LogP contribution in [0, 0.1) is 5.92 Å². The van der Waals surface area contributed by atoms with Crippen molar-refractivity contribution in [2.24, 2.45) is 5.92 Å². The smallest absolute Gasteiger partial charge is 0.170 e. The fourth-order valence-electron chi connectivity index (χ4n) is 2.59. The number of carbonyl (C=O) groups excluding carboxylic acids is 1. The minimum atomic E-state index is -0.557. The quantitative estimate of drug-likeness (QED) is 0.714. The number of hydrogen-bond acceptors (Lipinski definition) is 3. The molecule has 2 aliphatic heterocycles. The molecule has 2 atom stereocenters. The molecule has 3 heteroatoms. The van der Waals surface area contributed by atoms with Gasteiger partial charge in [0.05, 0.1) is 12.5 Å². The first-order chi connectivity index (χ1) is 7.11. The summed E-state index contributed by atoms with van der Waals surface area (Å²) >= 11 is 0. The standard InChI is InChI=1S/C12H21NO2/c1-12(2)11(14)9(8-15-12)10-6-4-3-5-7-13-10/h9-10,13H,3-8H2,1-2H3. The number of ketones is 1. The number of Topliss-reactive ketones (excluding diaryl/α,β-unsaturated/α-hetero) is 1. The highest BCUT2D eigenvalue weighted by molar-refractivity contribution is 5.91. The van der Waals surface area contributed by atoms with Crippen molar-refractivity contribution in [3.05, 3.63) is 0 Å². The Hall–Kier alpha value is -0.410. The van der Waals surface area contributed by atoms with Crippen LogP contribution in [0.2, 0.25) is 0 Å². The number of ether oxygens (including phenoxy) is 1. The number of nitrogens with one attached hydrogen (secondary N) is 1. The molecule has 86 valence electrons. The highest BCUT2D eigenvalue weighted by atomic mass is 16.5. The van der Waals surface area contributed by atoms with Crippen molar-refractivity contribution in [1.82, 2.24) is 5.32 Å². The van der Waals surface area contributed by atoms with Crippen LogP contribution in [-0.2, 0) is 9.53 Å². The summed E-state index contributed by atoms with van der Waals surface area (Å²) in [5, 5.41) is 3.49. The monoisotopic (exact) mass is 211 g/mol. The molecule has 0 spiro atoms. The molecule has 0 aliphatic carbocycles. The van der Waals surface area contributed by atoms with Gasteiger partial charge in [-0.15, -0.1) is 0 Å². The van der Waals surface area contributed by atoms with E-state index in [1.54, 1.807) is 0 Å². The van der Waals surface area contributed by atoms with Gasteiger partial charge in [-0.3, -0.25) is 4.79 Å². The highest BCUT2D eigenvalue weighted by Crippen LogP contribution is 2.30. The maximum atomic E-state index is 12.1. The second kappa shape index (κ2) is 4.22. The van der Waals surface area contributed by atoms with Gasteiger partial charge in [-0.1, -0.05) is 12.8 Å². The molecule has 0 radical (unpaired) electrons. The third-order valence-electron chi connectivity index (χ3n) is 3.64. The highest BCUT2D eigenvalue weighted by Gasteiger charge is 2.44. The van der Waals surface area contributed by atoms with Crippen molar-refractivity contribution in [1.29, 1.82) is 0 Å². The van der Waals surface area contributed by atoms with E-state index in [1.165, 1.54) is 19.3 Å². The average molecular weight is 211 g/mol. The lowest BCUT2D eigenvalue weighted by molar-refractivity contribution is -0.130. The zero-order chi connectivity index (χ0) is 10.9. The van der Waals surface area contributed by atoms with Crippen LogP contribution in [0.25, 0.3) is 0 Å². The molecule has 0 bridgehead atoms. The normalized spacial score (nSPS) is 36.5. The van der Waals surface area contributed by atoms with Crippen LogP contribution in [0.15, 0.2) is 0 Å². The molecule has 3 nitrogen and oxygen atoms in total. The Morgan fingerprint density at radius 2 is 2.13 bits per heavy atom. The van der Waals surface area contributed by atoms with Crippen LogP contribution in [0.1, 0.15) is 39.5 Å². The number of hydrogen-bond donors (Lipinski definition) is 1. The van der Waals surface area contributed by atoms with Gasteiger partial charge in [-0.05, 0) is 33.2 Å². The van der Waals surface area contributed by atoms with E-state index < -0.39 is 5.60 Å². The second-order valence-corrected chi connectivity index (χ2v) is 5.20. The van der Waals surface area contributed by atoms with Gasteiger partial charge in [0.15, 0.2) is 5.78 Å². The first-order valence-electron chi connectivity index (χ1n) is 6.03. The predicted molar refractivity (Wildman–Crippen MR) is 58.8 cm³/mol. The van der Waals surface area contributed by atoms with Crippen molar-refractivity contribution in [2.75, 3.05) is 13.2 Å². The largest absolute Gasteiger partial charge is 0.367 e. The van der Waals surface area contributed by atoms with Crippen LogP contribution in [0.5, 0.6) is 0 Å². The summed E-state index contributed by atoms with van der Waals surface area (Å²) in [6.45, 7) is 5.41. The summed E-state index contributed by atoms with van der Waals surface area (Å²) in [7, 11) is 0. The Bertz CT molecular complexity index is 242. The first kappa shape index (κ1) is 11.1. The van der Waals surface area contributed by atoms with Crippen LogP contribution in [0.4, 0.5) is 0 Å². The summed E-state index contributed by atoms with van der Waals surface area (Å²) in [4.78, 5) is 12.1. The van der Waals surface area contributed by atoms with Gasteiger partial charge in [-0.2, -0.15) is 0 Å². The fourth-order valence-corrected chi connectivity index (χ4v) is 2.59. The molecule has 2 aliphatic rings. The van der Waals surface area contributed by atoms with Gasteiger partial charge in [0.25, 0.3) is 0 Å². The number of rotatable bonds is 1. The van der Waals surface area contributed by atoms with Crippen LogP contribution < -0.4 is 5.32 Å². The van der Waals surface area contributed by atoms with Gasteiger partial charge in [0.1, 0.15) is 5.60 Å². The summed E-state index contributed by atoms with van der Waals surface area (Å²) in [6.07, 6.45) is 4.88. The van der Waals surface area contributed by atoms with E-state index in [1.807, 2.05) is 13.8 Å². The molecule has 2 fully saturated rings. The van der Waals surface area contributed by atoms with Gasteiger partial charge in [-0.25, -0.2) is 0 Å². The van der Waals surface area contributed by atoms with Crippen molar-refractivity contribution in [3.63, 3.8) is 0 Å². The molecule has 0 aromatic carbocycles. The molecule has 1 N–H and O–H groups in total. The molecule has 0 amide bonds. The lowest BCUT2D eigenvalue weighted by Gasteiger charge is -2.21. The van der Waals surface area contributed by atoms with E-state index in [-0.39, 0.29) is 11.7 Å². The minimum Gasteiger partial charge on any atom is -0.367 e. The van der Waals surface area contributed by atoms with E-state index in [9.17, 15) is 4.79 Å². The third-order valence-corrected chi connectivity index (χ3v) is 3.64. The summed E-state index contributed by atoms with van der Waals surface area (Å²) in [6, 6.07) is 0.349. The van der Waals surface area contributed by atoms with Gasteiger partial charge >= 0.3 is 0 Å². The molecule has 2 unspecified atom stereocenters. The summed E-state index contributed by atoms with van der Waals surface area (Å²) in [5.74, 6) is 0.361. The lowest BCUT2D eigenvalue weighted by atomic mass is 9.88. The van der Waals surface area contributed by atoms with Crippen LogP contribution in [-0.4, -0.2) is 30.6 Å². The molecular formula is C12H21NO2. The van der Waals surface area contributed by atoms with E-state index >= 15 is 0 Å². The minimum absolute atomic E-state index is 0.0816. The Labute approximate surface area is 91.6 Å². The Kier molecular flexibility index (Phi) is 3.12. The maximum Gasteiger partial charge on any atom is 0.170 e. The molecule has 2 heterocycles. The average Bonchev–Trinajstić information content (AvgIpc) is 2.46. The van der Waals surface area contributed by atoms with E-state index in [0.29, 0.717) is 12.6 Å². The molecule has 0 saturated carbocycles. The lowest BCUT2D eigenvalue weighted by Crippen LogP contribution is -2.42. The molecular weight excluding hydrogens is 190 g/mol. The van der Waals surface area contributed by atoms with E-state index in [2.05, 4.69) is 5.32 Å². The summed E-state index contributed by atoms with van der Waals surface area (Å²) in [5.41, 5.74) is -0.557. The fraction of sp³-hybridized carbons (Fsp3) is 0.917.